The lowest BCUT2D eigenvalue weighted by Gasteiger charge is -2.22. The normalized spacial score (nSPS) is 11.1. The summed E-state index contributed by atoms with van der Waals surface area (Å²) < 4.78 is 44.1. The molecule has 8 heteroatoms. The van der Waals surface area contributed by atoms with Crippen LogP contribution >= 0.6 is 0 Å². The molecular weight excluding hydrogens is 371 g/mol. The summed E-state index contributed by atoms with van der Waals surface area (Å²) in [6, 6.07) is 12.8. The average molecular weight is 394 g/mol. The van der Waals surface area contributed by atoms with Gasteiger partial charge in [-0.15, -0.1) is 0 Å². The molecule has 0 spiro atoms. The summed E-state index contributed by atoms with van der Waals surface area (Å²) in [7, 11) is -3.65. The highest BCUT2D eigenvalue weighted by atomic mass is 32.2. The lowest BCUT2D eigenvalue weighted by molar-refractivity contribution is -0.119. The van der Waals surface area contributed by atoms with Crippen LogP contribution in [0.15, 0.2) is 48.5 Å². The number of hydrogen-bond acceptors (Lipinski definition) is 4. The third kappa shape index (κ3) is 6.25. The first kappa shape index (κ1) is 20.7. The molecule has 27 heavy (non-hydrogen) atoms. The lowest BCUT2D eigenvalue weighted by atomic mass is 10.1. The molecule has 0 unspecified atom stereocenters. The SMILES string of the molecule is CCOc1ccc(N(CC(=O)NCCc2ccccc2F)S(C)(=O)=O)cc1. The molecule has 0 atom stereocenters. The Balaban J connectivity index is 1.99. The molecule has 2 aromatic rings. The van der Waals surface area contributed by atoms with E-state index in [0.717, 1.165) is 10.6 Å². The maximum absolute atomic E-state index is 13.6. The molecule has 2 rings (SSSR count). The van der Waals surface area contributed by atoms with Crippen molar-refractivity contribution >= 4 is 21.6 Å². The summed E-state index contributed by atoms with van der Waals surface area (Å²) in [5.41, 5.74) is 0.856. The largest absolute Gasteiger partial charge is 0.494 e. The molecule has 0 saturated heterocycles. The highest BCUT2D eigenvalue weighted by molar-refractivity contribution is 7.92. The Hall–Kier alpha value is -2.61. The maximum Gasteiger partial charge on any atom is 0.240 e. The van der Waals surface area contributed by atoms with Gasteiger partial charge in [0.1, 0.15) is 18.1 Å². The third-order valence-electron chi connectivity index (χ3n) is 3.80. The van der Waals surface area contributed by atoms with Crippen LogP contribution in [0.4, 0.5) is 10.1 Å². The molecule has 0 bridgehead atoms. The molecule has 0 aliphatic heterocycles. The summed E-state index contributed by atoms with van der Waals surface area (Å²) in [5.74, 6) is -0.186. The molecule has 6 nitrogen and oxygen atoms in total. The van der Waals surface area contributed by atoms with Crippen molar-refractivity contribution in [1.82, 2.24) is 5.32 Å². The maximum atomic E-state index is 13.6. The smallest absolute Gasteiger partial charge is 0.240 e. The highest BCUT2D eigenvalue weighted by Gasteiger charge is 2.20. The topological polar surface area (TPSA) is 75.7 Å². The summed E-state index contributed by atoms with van der Waals surface area (Å²) in [5, 5.41) is 2.63. The van der Waals surface area contributed by atoms with E-state index in [9.17, 15) is 17.6 Å². The van der Waals surface area contributed by atoms with Crippen LogP contribution in [0.1, 0.15) is 12.5 Å². The zero-order valence-corrected chi connectivity index (χ0v) is 16.1. The van der Waals surface area contributed by atoms with Crippen LogP contribution in [-0.2, 0) is 21.2 Å². The van der Waals surface area contributed by atoms with Crippen molar-refractivity contribution < 1.29 is 22.3 Å². The van der Waals surface area contributed by atoms with Gasteiger partial charge in [0, 0.05) is 6.54 Å². The molecule has 0 aromatic heterocycles. The minimum absolute atomic E-state index is 0.209. The van der Waals surface area contributed by atoms with Gasteiger partial charge in [-0.25, -0.2) is 12.8 Å². The number of nitrogens with one attached hydrogen (secondary N) is 1. The molecule has 0 aliphatic carbocycles. The summed E-state index contributed by atoms with van der Waals surface area (Å²) in [6.07, 6.45) is 1.36. The van der Waals surface area contributed by atoms with Gasteiger partial charge in [0.2, 0.25) is 15.9 Å². The van der Waals surface area contributed by atoms with Crippen molar-refractivity contribution in [2.75, 3.05) is 30.3 Å². The van der Waals surface area contributed by atoms with E-state index in [0.29, 0.717) is 30.0 Å². The summed E-state index contributed by atoms with van der Waals surface area (Å²) >= 11 is 0. The Morgan fingerprint density at radius 1 is 1.15 bits per heavy atom. The lowest BCUT2D eigenvalue weighted by Crippen LogP contribution is -2.41. The second-order valence-electron chi connectivity index (χ2n) is 5.89. The van der Waals surface area contributed by atoms with Gasteiger partial charge in [0.05, 0.1) is 18.6 Å². The van der Waals surface area contributed by atoms with Gasteiger partial charge in [-0.3, -0.25) is 9.10 Å². The number of rotatable bonds is 9. The number of nitrogens with zero attached hydrogens (tertiary/aromatic N) is 1. The number of halogens is 1. The fourth-order valence-corrected chi connectivity index (χ4v) is 3.36. The van der Waals surface area contributed by atoms with Crippen LogP contribution in [0.2, 0.25) is 0 Å². The van der Waals surface area contributed by atoms with Crippen LogP contribution < -0.4 is 14.4 Å². The zero-order valence-electron chi connectivity index (χ0n) is 15.3. The van der Waals surface area contributed by atoms with E-state index < -0.39 is 15.9 Å². The molecule has 1 amide bonds. The number of ether oxygens (including phenoxy) is 1. The number of amides is 1. The molecule has 0 fully saturated rings. The van der Waals surface area contributed by atoms with E-state index in [-0.39, 0.29) is 18.9 Å². The van der Waals surface area contributed by atoms with Gasteiger partial charge >= 0.3 is 0 Å². The molecular formula is C19H23FN2O4S. The van der Waals surface area contributed by atoms with Gasteiger partial charge in [0.25, 0.3) is 0 Å². The van der Waals surface area contributed by atoms with Gasteiger partial charge in [-0.2, -0.15) is 0 Å². The van der Waals surface area contributed by atoms with Crippen molar-refractivity contribution in [3.8, 4) is 5.75 Å². The molecule has 0 radical (unpaired) electrons. The standard InChI is InChI=1S/C19H23FN2O4S/c1-3-26-17-10-8-16(9-11-17)22(27(2,24)25)14-19(23)21-13-12-15-6-4-5-7-18(15)20/h4-11H,3,12-14H2,1-2H3,(H,21,23). The molecule has 1 N–H and O–H groups in total. The number of benzene rings is 2. The van der Waals surface area contributed by atoms with E-state index in [2.05, 4.69) is 5.32 Å². The molecule has 0 heterocycles. The van der Waals surface area contributed by atoms with E-state index in [1.807, 2.05) is 6.92 Å². The number of anilines is 1. The van der Waals surface area contributed by atoms with Crippen LogP contribution in [-0.4, -0.2) is 40.3 Å². The van der Waals surface area contributed by atoms with Crippen molar-refractivity contribution in [1.29, 1.82) is 0 Å². The molecule has 146 valence electrons. The molecule has 2 aromatic carbocycles. The summed E-state index contributed by atoms with van der Waals surface area (Å²) in [6.45, 7) is 2.20. The first-order valence-electron chi connectivity index (χ1n) is 8.52. The van der Waals surface area contributed by atoms with Gasteiger partial charge < -0.3 is 10.1 Å². The number of carbonyl (C=O) groups excluding carboxylic acids is 1. The van der Waals surface area contributed by atoms with E-state index in [1.165, 1.54) is 6.07 Å². The van der Waals surface area contributed by atoms with Gasteiger partial charge in [0.15, 0.2) is 0 Å². The van der Waals surface area contributed by atoms with E-state index in [4.69, 9.17) is 4.74 Å². The first-order chi connectivity index (χ1) is 12.8. The van der Waals surface area contributed by atoms with Crippen LogP contribution in [0.3, 0.4) is 0 Å². The highest BCUT2D eigenvalue weighted by Crippen LogP contribution is 2.21. The second kappa shape index (κ2) is 9.36. The number of hydrogen-bond donors (Lipinski definition) is 1. The van der Waals surface area contributed by atoms with Crippen molar-refractivity contribution in [3.63, 3.8) is 0 Å². The Kier molecular flexibility index (Phi) is 7.18. The van der Waals surface area contributed by atoms with Crippen molar-refractivity contribution in [2.24, 2.45) is 0 Å². The van der Waals surface area contributed by atoms with Gasteiger partial charge in [-0.05, 0) is 49.2 Å². The minimum Gasteiger partial charge on any atom is -0.494 e. The quantitative estimate of drug-likeness (QED) is 0.708. The van der Waals surface area contributed by atoms with Crippen molar-refractivity contribution in [2.45, 2.75) is 13.3 Å². The predicted octanol–water partition coefficient (Wildman–Crippen LogP) is 2.35. The monoisotopic (exact) mass is 394 g/mol. The van der Waals surface area contributed by atoms with Crippen LogP contribution in [0, 0.1) is 5.82 Å². The Morgan fingerprint density at radius 2 is 1.81 bits per heavy atom. The molecule has 0 saturated carbocycles. The fraction of sp³-hybridized carbons (Fsp3) is 0.316. The number of sulfonamides is 1. The zero-order chi connectivity index (χ0) is 19.9. The fourth-order valence-electron chi connectivity index (χ4n) is 2.50. The Morgan fingerprint density at radius 3 is 2.41 bits per heavy atom. The van der Waals surface area contributed by atoms with E-state index >= 15 is 0 Å². The molecule has 0 aliphatic rings. The van der Waals surface area contributed by atoms with E-state index in [1.54, 1.807) is 42.5 Å². The van der Waals surface area contributed by atoms with Crippen molar-refractivity contribution in [3.05, 3.63) is 59.9 Å². The first-order valence-corrected chi connectivity index (χ1v) is 10.4. The van der Waals surface area contributed by atoms with Gasteiger partial charge in [-0.1, -0.05) is 18.2 Å². The summed E-state index contributed by atoms with van der Waals surface area (Å²) in [4.78, 5) is 12.2. The average Bonchev–Trinajstić information content (AvgIpc) is 2.61. The predicted molar refractivity (Wildman–Crippen MR) is 103 cm³/mol. The number of carbonyl (C=O) groups is 1. The Bertz CT molecular complexity index is 870. The second-order valence-corrected chi connectivity index (χ2v) is 7.79. The van der Waals surface area contributed by atoms with Crippen LogP contribution in [0.5, 0.6) is 5.75 Å². The Labute approximate surface area is 159 Å². The minimum atomic E-state index is -3.65. The van der Waals surface area contributed by atoms with Crippen LogP contribution in [0.25, 0.3) is 0 Å². The third-order valence-corrected chi connectivity index (χ3v) is 4.94.